The number of amides is 1. The van der Waals surface area contributed by atoms with Crippen molar-refractivity contribution in [3.05, 3.63) is 45.4 Å². The molecule has 2 aromatic heterocycles. The minimum atomic E-state index is 0.0105. The molecule has 1 amide bonds. The molecule has 0 aliphatic heterocycles. The van der Waals surface area contributed by atoms with Gasteiger partial charge >= 0.3 is 0 Å². The summed E-state index contributed by atoms with van der Waals surface area (Å²) >= 11 is 1.48. The fraction of sp³-hybridized carbons (Fsp3) is 0.308. The lowest BCUT2D eigenvalue weighted by molar-refractivity contribution is 0.0953. The number of hydrogen-bond acceptors (Lipinski definition) is 2. The average molecular weight is 248 g/mol. The van der Waals surface area contributed by atoms with Crippen LogP contribution in [0.1, 0.15) is 26.6 Å². The number of hydrogen-bond donors (Lipinski definition) is 1. The van der Waals surface area contributed by atoms with Crippen LogP contribution in [0.2, 0.25) is 0 Å². The third-order valence-corrected chi connectivity index (χ3v) is 3.99. The lowest BCUT2D eigenvalue weighted by Crippen LogP contribution is -2.23. The Hall–Kier alpha value is -1.55. The molecule has 90 valence electrons. The molecule has 0 radical (unpaired) electrons. The minimum absolute atomic E-state index is 0.0105. The second kappa shape index (κ2) is 4.75. The predicted octanol–water partition coefficient (Wildman–Crippen LogP) is 2.63. The van der Waals surface area contributed by atoms with Crippen molar-refractivity contribution in [1.82, 2.24) is 9.88 Å². The summed E-state index contributed by atoms with van der Waals surface area (Å²) < 4.78 is 2.08. The fourth-order valence-electron chi connectivity index (χ4n) is 1.70. The largest absolute Gasteiger partial charge is 0.350 e. The molecule has 0 aromatic carbocycles. The number of aryl methyl sites for hydroxylation is 2. The third-order valence-electron chi connectivity index (χ3n) is 2.98. The maximum Gasteiger partial charge on any atom is 0.261 e. The number of carbonyl (C=O) groups is 1. The fourth-order valence-corrected chi connectivity index (χ4v) is 2.54. The van der Waals surface area contributed by atoms with E-state index in [4.69, 9.17) is 0 Å². The molecule has 2 rings (SSSR count). The first-order valence-electron chi connectivity index (χ1n) is 5.53. The molecule has 1 N–H and O–H groups in total. The van der Waals surface area contributed by atoms with E-state index in [-0.39, 0.29) is 5.91 Å². The summed E-state index contributed by atoms with van der Waals surface area (Å²) in [5, 5.41) is 4.89. The second-order valence-corrected chi connectivity index (χ2v) is 5.06. The van der Waals surface area contributed by atoms with Gasteiger partial charge in [-0.15, -0.1) is 11.3 Å². The zero-order valence-corrected chi connectivity index (χ0v) is 11.1. The smallest absolute Gasteiger partial charge is 0.261 e. The van der Waals surface area contributed by atoms with Gasteiger partial charge in [-0.1, -0.05) is 0 Å². The molecule has 0 saturated heterocycles. The topological polar surface area (TPSA) is 34.0 Å². The molecule has 0 unspecified atom stereocenters. The zero-order valence-electron chi connectivity index (χ0n) is 10.3. The van der Waals surface area contributed by atoms with Gasteiger partial charge in [0.1, 0.15) is 0 Å². The normalized spacial score (nSPS) is 10.5. The highest BCUT2D eigenvalue weighted by Crippen LogP contribution is 2.15. The molecule has 0 aliphatic carbocycles. The van der Waals surface area contributed by atoms with Crippen LogP contribution in [0.3, 0.4) is 0 Å². The van der Waals surface area contributed by atoms with Crippen molar-refractivity contribution >= 4 is 17.2 Å². The Balaban J connectivity index is 2.02. The van der Waals surface area contributed by atoms with E-state index >= 15 is 0 Å². The highest BCUT2D eigenvalue weighted by molar-refractivity contribution is 7.12. The van der Waals surface area contributed by atoms with Gasteiger partial charge in [-0.3, -0.25) is 4.79 Å². The molecule has 0 aliphatic rings. The lowest BCUT2D eigenvalue weighted by atomic mass is 10.3. The van der Waals surface area contributed by atoms with E-state index < -0.39 is 0 Å². The van der Waals surface area contributed by atoms with Crippen LogP contribution in [-0.4, -0.2) is 10.5 Å². The van der Waals surface area contributed by atoms with Gasteiger partial charge in [-0.2, -0.15) is 0 Å². The van der Waals surface area contributed by atoms with E-state index in [1.54, 1.807) is 0 Å². The van der Waals surface area contributed by atoms with Crippen LogP contribution in [0.4, 0.5) is 0 Å². The number of nitrogens with one attached hydrogen (secondary N) is 1. The molecular formula is C13H16N2OS. The van der Waals surface area contributed by atoms with Gasteiger partial charge in [0.25, 0.3) is 5.91 Å². The summed E-state index contributed by atoms with van der Waals surface area (Å²) in [5.41, 5.74) is 3.35. The highest BCUT2D eigenvalue weighted by Gasteiger charge is 2.10. The molecule has 0 atom stereocenters. The molecule has 0 fully saturated rings. The van der Waals surface area contributed by atoms with Crippen LogP contribution >= 0.6 is 11.3 Å². The molecule has 0 saturated carbocycles. The van der Waals surface area contributed by atoms with Crippen molar-refractivity contribution in [2.24, 2.45) is 7.05 Å². The van der Waals surface area contributed by atoms with Gasteiger partial charge in [-0.25, -0.2) is 0 Å². The number of thiophene rings is 1. The van der Waals surface area contributed by atoms with Crippen LogP contribution < -0.4 is 5.32 Å². The van der Waals surface area contributed by atoms with Gasteiger partial charge in [0.05, 0.1) is 11.4 Å². The van der Waals surface area contributed by atoms with Crippen molar-refractivity contribution in [3.63, 3.8) is 0 Å². The number of nitrogens with zero attached hydrogens (tertiary/aromatic N) is 1. The monoisotopic (exact) mass is 248 g/mol. The Kier molecular flexibility index (Phi) is 3.33. The summed E-state index contributed by atoms with van der Waals surface area (Å²) in [4.78, 5) is 12.7. The summed E-state index contributed by atoms with van der Waals surface area (Å²) in [5.74, 6) is 0.0105. The van der Waals surface area contributed by atoms with Crippen molar-refractivity contribution < 1.29 is 4.79 Å². The molecule has 4 heteroatoms. The average Bonchev–Trinajstić information content (AvgIpc) is 2.85. The Morgan fingerprint density at radius 3 is 2.65 bits per heavy atom. The van der Waals surface area contributed by atoms with Crippen LogP contribution in [0, 0.1) is 13.8 Å². The molecule has 0 spiro atoms. The maximum atomic E-state index is 11.9. The molecule has 17 heavy (non-hydrogen) atoms. The van der Waals surface area contributed by atoms with E-state index in [1.165, 1.54) is 17.0 Å². The van der Waals surface area contributed by atoms with Gasteiger partial charge < -0.3 is 9.88 Å². The van der Waals surface area contributed by atoms with E-state index in [2.05, 4.69) is 22.9 Å². The predicted molar refractivity (Wildman–Crippen MR) is 70.4 cm³/mol. The van der Waals surface area contributed by atoms with E-state index in [9.17, 15) is 4.79 Å². The summed E-state index contributed by atoms with van der Waals surface area (Å²) in [6.45, 7) is 4.58. The summed E-state index contributed by atoms with van der Waals surface area (Å²) in [6.07, 6.45) is 0. The second-order valence-electron chi connectivity index (χ2n) is 4.14. The third kappa shape index (κ3) is 2.42. The maximum absolute atomic E-state index is 11.9. The van der Waals surface area contributed by atoms with Gasteiger partial charge in [-0.05, 0) is 43.0 Å². The number of carbonyl (C=O) groups excluding carboxylic acids is 1. The first-order valence-corrected chi connectivity index (χ1v) is 6.41. The highest BCUT2D eigenvalue weighted by atomic mass is 32.1. The molecule has 2 aromatic rings. The molecule has 0 bridgehead atoms. The van der Waals surface area contributed by atoms with E-state index in [1.807, 2.05) is 31.5 Å². The first kappa shape index (κ1) is 11.9. The molecule has 3 nitrogen and oxygen atoms in total. The van der Waals surface area contributed by atoms with Gasteiger partial charge in [0.15, 0.2) is 0 Å². The van der Waals surface area contributed by atoms with Gasteiger partial charge in [0, 0.05) is 18.4 Å². The molecule has 2 heterocycles. The quantitative estimate of drug-likeness (QED) is 0.890. The van der Waals surface area contributed by atoms with Crippen LogP contribution in [0.5, 0.6) is 0 Å². The van der Waals surface area contributed by atoms with Crippen molar-refractivity contribution in [2.75, 3.05) is 0 Å². The summed E-state index contributed by atoms with van der Waals surface area (Å²) in [7, 11) is 2.01. The lowest BCUT2D eigenvalue weighted by Gasteiger charge is -2.07. The van der Waals surface area contributed by atoms with E-state index in [0.29, 0.717) is 6.54 Å². The SMILES string of the molecule is Cc1ccsc1C(=O)NCc1ccc(C)n1C. The van der Waals surface area contributed by atoms with Crippen molar-refractivity contribution in [3.8, 4) is 0 Å². The zero-order chi connectivity index (χ0) is 12.4. The Morgan fingerprint density at radius 1 is 1.35 bits per heavy atom. The standard InChI is InChI=1S/C13H16N2OS/c1-9-6-7-17-12(9)13(16)14-8-11-5-4-10(2)15(11)3/h4-7H,8H2,1-3H3,(H,14,16). The van der Waals surface area contributed by atoms with Crippen LogP contribution in [0.15, 0.2) is 23.6 Å². The summed E-state index contributed by atoms with van der Waals surface area (Å²) in [6, 6.07) is 6.06. The number of rotatable bonds is 3. The minimum Gasteiger partial charge on any atom is -0.350 e. The number of aromatic nitrogens is 1. The van der Waals surface area contributed by atoms with Crippen LogP contribution in [-0.2, 0) is 13.6 Å². The first-order chi connectivity index (χ1) is 8.09. The Bertz CT molecular complexity index is 539. The van der Waals surface area contributed by atoms with Crippen molar-refractivity contribution in [2.45, 2.75) is 20.4 Å². The van der Waals surface area contributed by atoms with Crippen LogP contribution in [0.25, 0.3) is 0 Å². The molecular weight excluding hydrogens is 232 g/mol. The Labute approximate surface area is 105 Å². The van der Waals surface area contributed by atoms with Crippen molar-refractivity contribution in [1.29, 1.82) is 0 Å². The Morgan fingerprint density at radius 2 is 2.12 bits per heavy atom. The van der Waals surface area contributed by atoms with Gasteiger partial charge in [0.2, 0.25) is 0 Å². The van der Waals surface area contributed by atoms with E-state index in [0.717, 1.165) is 16.1 Å².